The fourth-order valence-electron chi connectivity index (χ4n) is 2.20. The van der Waals surface area contributed by atoms with Gasteiger partial charge in [0, 0.05) is 11.4 Å². The minimum atomic E-state index is -4.55. The molecule has 0 aliphatic heterocycles. The van der Waals surface area contributed by atoms with Gasteiger partial charge in [0.25, 0.3) is 0 Å². The zero-order chi connectivity index (χ0) is 17.4. The number of rotatable bonds is 2. The molecule has 2 aromatic rings. The predicted octanol–water partition coefficient (Wildman–Crippen LogP) is 4.48. The van der Waals surface area contributed by atoms with E-state index in [0.717, 1.165) is 24.3 Å². The molecule has 124 valence electrons. The van der Waals surface area contributed by atoms with Crippen molar-refractivity contribution < 1.29 is 26.3 Å². The molecule has 0 amide bonds. The molecule has 2 aromatic carbocycles. The molecule has 8 heteroatoms. The van der Waals surface area contributed by atoms with Gasteiger partial charge in [-0.25, -0.2) is 0 Å². The molecular formula is C15H12F6N2. The molecule has 2 rings (SSSR count). The second kappa shape index (κ2) is 5.68. The monoisotopic (exact) mass is 334 g/mol. The van der Waals surface area contributed by atoms with Crippen LogP contribution in [0.3, 0.4) is 0 Å². The quantitative estimate of drug-likeness (QED) is 0.628. The lowest BCUT2D eigenvalue weighted by atomic mass is 10.00. The van der Waals surface area contributed by atoms with Gasteiger partial charge in [-0.3, -0.25) is 0 Å². The van der Waals surface area contributed by atoms with Crippen LogP contribution in [0.5, 0.6) is 0 Å². The van der Waals surface area contributed by atoms with E-state index in [0.29, 0.717) is 11.1 Å². The maximum atomic E-state index is 12.6. The Morgan fingerprint density at radius 1 is 0.652 bits per heavy atom. The molecule has 0 aromatic heterocycles. The molecule has 0 spiro atoms. The molecule has 23 heavy (non-hydrogen) atoms. The topological polar surface area (TPSA) is 52.0 Å². The second-order valence-electron chi connectivity index (χ2n) is 5.02. The highest BCUT2D eigenvalue weighted by Gasteiger charge is 2.33. The first kappa shape index (κ1) is 17.0. The van der Waals surface area contributed by atoms with Crippen LogP contribution in [0.1, 0.15) is 22.3 Å². The van der Waals surface area contributed by atoms with Crippen LogP contribution in [0.4, 0.5) is 37.7 Å². The van der Waals surface area contributed by atoms with Crippen molar-refractivity contribution in [2.24, 2.45) is 0 Å². The second-order valence-corrected chi connectivity index (χ2v) is 5.02. The Morgan fingerprint density at radius 2 is 1.00 bits per heavy atom. The average Bonchev–Trinajstić information content (AvgIpc) is 2.35. The minimum absolute atomic E-state index is 0.116. The Kier molecular flexibility index (Phi) is 4.19. The molecule has 0 saturated carbocycles. The number of anilines is 2. The molecule has 0 unspecified atom stereocenters. The predicted molar refractivity (Wildman–Crippen MR) is 74.5 cm³/mol. The maximum Gasteiger partial charge on any atom is 0.418 e. The molecule has 0 atom stereocenters. The summed E-state index contributed by atoms with van der Waals surface area (Å²) in [5.41, 5.74) is 8.86. The lowest BCUT2D eigenvalue weighted by Gasteiger charge is -2.13. The minimum Gasteiger partial charge on any atom is -0.398 e. The third kappa shape index (κ3) is 3.88. The summed E-state index contributed by atoms with van der Waals surface area (Å²) >= 11 is 0. The van der Waals surface area contributed by atoms with E-state index in [9.17, 15) is 26.3 Å². The molecule has 0 aliphatic carbocycles. The van der Waals surface area contributed by atoms with Crippen molar-refractivity contribution in [3.8, 4) is 0 Å². The fraction of sp³-hybridized carbons (Fsp3) is 0.200. The first-order chi connectivity index (χ1) is 10.5. The lowest BCUT2D eigenvalue weighted by molar-refractivity contribution is -0.137. The van der Waals surface area contributed by atoms with Gasteiger partial charge >= 0.3 is 12.4 Å². The molecular weight excluding hydrogens is 322 g/mol. The van der Waals surface area contributed by atoms with Crippen LogP contribution < -0.4 is 11.5 Å². The smallest absolute Gasteiger partial charge is 0.398 e. The Hall–Kier alpha value is -2.38. The van der Waals surface area contributed by atoms with Crippen LogP contribution >= 0.6 is 0 Å². The number of nitrogens with two attached hydrogens (primary N) is 2. The van der Waals surface area contributed by atoms with Crippen LogP contribution in [0.2, 0.25) is 0 Å². The van der Waals surface area contributed by atoms with Crippen molar-refractivity contribution in [1.29, 1.82) is 0 Å². The summed E-state index contributed by atoms with van der Waals surface area (Å²) in [7, 11) is 0. The lowest BCUT2D eigenvalue weighted by Crippen LogP contribution is -2.10. The molecule has 0 bridgehead atoms. The van der Waals surface area contributed by atoms with E-state index in [2.05, 4.69) is 0 Å². The number of hydrogen-bond acceptors (Lipinski definition) is 2. The van der Waals surface area contributed by atoms with Gasteiger partial charge in [-0.1, -0.05) is 12.1 Å². The average molecular weight is 334 g/mol. The van der Waals surface area contributed by atoms with Crippen molar-refractivity contribution in [2.45, 2.75) is 18.8 Å². The molecule has 0 heterocycles. The number of alkyl halides is 6. The molecule has 0 radical (unpaired) electrons. The van der Waals surface area contributed by atoms with E-state index in [4.69, 9.17) is 11.5 Å². The van der Waals surface area contributed by atoms with Gasteiger partial charge in [0.2, 0.25) is 0 Å². The normalized spacial score (nSPS) is 12.4. The van der Waals surface area contributed by atoms with E-state index in [-0.39, 0.29) is 6.42 Å². The van der Waals surface area contributed by atoms with Gasteiger partial charge in [-0.05, 0) is 41.8 Å². The van der Waals surface area contributed by atoms with Crippen molar-refractivity contribution in [1.82, 2.24) is 0 Å². The van der Waals surface area contributed by atoms with Crippen LogP contribution in [0.25, 0.3) is 0 Å². The molecule has 4 N–H and O–H groups in total. The van der Waals surface area contributed by atoms with Gasteiger partial charge < -0.3 is 11.5 Å². The molecule has 0 aliphatic rings. The first-order valence-electron chi connectivity index (χ1n) is 6.39. The molecule has 2 nitrogen and oxygen atoms in total. The zero-order valence-corrected chi connectivity index (χ0v) is 11.6. The van der Waals surface area contributed by atoms with Crippen molar-refractivity contribution >= 4 is 11.4 Å². The van der Waals surface area contributed by atoms with E-state index < -0.39 is 34.9 Å². The van der Waals surface area contributed by atoms with Crippen LogP contribution in [0, 0.1) is 0 Å². The summed E-state index contributed by atoms with van der Waals surface area (Å²) in [6.07, 6.45) is -8.99. The third-order valence-electron chi connectivity index (χ3n) is 3.25. The van der Waals surface area contributed by atoms with Crippen molar-refractivity contribution in [3.05, 3.63) is 58.7 Å². The summed E-state index contributed by atoms with van der Waals surface area (Å²) in [4.78, 5) is 0. The summed E-state index contributed by atoms with van der Waals surface area (Å²) in [5, 5.41) is 0. The standard InChI is InChI=1S/C15H12F6N2/c16-14(17,18)10-3-1-8(6-12(10)22)5-9-2-4-11(13(23)7-9)15(19,20)21/h1-4,6-7H,5,22-23H2. The summed E-state index contributed by atoms with van der Waals surface area (Å²) in [5.74, 6) is 0. The van der Waals surface area contributed by atoms with Gasteiger partial charge in [-0.15, -0.1) is 0 Å². The van der Waals surface area contributed by atoms with Crippen LogP contribution in [-0.2, 0) is 18.8 Å². The molecule has 0 saturated heterocycles. The first-order valence-corrected chi connectivity index (χ1v) is 6.39. The van der Waals surface area contributed by atoms with Crippen LogP contribution in [-0.4, -0.2) is 0 Å². The zero-order valence-electron chi connectivity index (χ0n) is 11.6. The molecule has 0 fully saturated rings. The van der Waals surface area contributed by atoms with E-state index in [1.807, 2.05) is 0 Å². The van der Waals surface area contributed by atoms with Gasteiger partial charge in [0.15, 0.2) is 0 Å². The highest BCUT2D eigenvalue weighted by atomic mass is 19.4. The number of nitrogen functional groups attached to an aromatic ring is 2. The number of halogens is 6. The van der Waals surface area contributed by atoms with E-state index in [1.165, 1.54) is 12.1 Å². The van der Waals surface area contributed by atoms with Gasteiger partial charge in [0.05, 0.1) is 11.1 Å². The van der Waals surface area contributed by atoms with Gasteiger partial charge in [0.1, 0.15) is 0 Å². The SMILES string of the molecule is Nc1cc(Cc2ccc(C(F)(F)F)c(N)c2)ccc1C(F)(F)F. The number of benzene rings is 2. The highest BCUT2D eigenvalue weighted by Crippen LogP contribution is 2.35. The van der Waals surface area contributed by atoms with Gasteiger partial charge in [-0.2, -0.15) is 26.3 Å². The van der Waals surface area contributed by atoms with Crippen LogP contribution in [0.15, 0.2) is 36.4 Å². The van der Waals surface area contributed by atoms with E-state index >= 15 is 0 Å². The number of hydrogen-bond donors (Lipinski definition) is 2. The maximum absolute atomic E-state index is 12.6. The Labute approximate surface area is 127 Å². The summed E-state index contributed by atoms with van der Waals surface area (Å²) in [6, 6.07) is 6.45. The summed E-state index contributed by atoms with van der Waals surface area (Å²) < 4.78 is 75.7. The largest absolute Gasteiger partial charge is 0.418 e. The fourth-order valence-corrected chi connectivity index (χ4v) is 2.20. The summed E-state index contributed by atoms with van der Waals surface area (Å²) in [6.45, 7) is 0. The Balaban J connectivity index is 2.27. The van der Waals surface area contributed by atoms with Crippen molar-refractivity contribution in [2.75, 3.05) is 11.5 Å². The highest BCUT2D eigenvalue weighted by molar-refractivity contribution is 5.54. The Morgan fingerprint density at radius 3 is 1.26 bits per heavy atom. The third-order valence-corrected chi connectivity index (χ3v) is 3.25. The van der Waals surface area contributed by atoms with E-state index in [1.54, 1.807) is 0 Å². The Bertz CT molecular complexity index is 657. The van der Waals surface area contributed by atoms with Crippen molar-refractivity contribution in [3.63, 3.8) is 0 Å².